The summed E-state index contributed by atoms with van der Waals surface area (Å²) >= 11 is 0. The maximum absolute atomic E-state index is 12.2. The maximum atomic E-state index is 12.2. The summed E-state index contributed by atoms with van der Waals surface area (Å²) in [5, 5.41) is 3.34. The molecule has 0 bridgehead atoms. The summed E-state index contributed by atoms with van der Waals surface area (Å²) in [6.07, 6.45) is -5.22. The van der Waals surface area contributed by atoms with Gasteiger partial charge in [0.05, 0.1) is 6.42 Å². The second-order valence-electron chi connectivity index (χ2n) is 6.01. The second-order valence-corrected chi connectivity index (χ2v) is 6.01. The molecule has 1 aromatic heterocycles. The van der Waals surface area contributed by atoms with E-state index in [1.54, 1.807) is 0 Å². The average Bonchev–Trinajstić information content (AvgIpc) is 2.22. The third kappa shape index (κ3) is 5.86. The van der Waals surface area contributed by atoms with E-state index in [1.165, 1.54) is 0 Å². The fraction of sp³-hybridized carbons (Fsp3) is 0.714. The van der Waals surface area contributed by atoms with Crippen LogP contribution in [0.5, 0.6) is 0 Å². The lowest BCUT2D eigenvalue weighted by atomic mass is 10.1. The van der Waals surface area contributed by atoms with Gasteiger partial charge >= 0.3 is 6.18 Å². The van der Waals surface area contributed by atoms with Crippen molar-refractivity contribution in [1.29, 1.82) is 0 Å². The van der Waals surface area contributed by atoms with Gasteiger partial charge in [-0.05, 0) is 34.6 Å². The van der Waals surface area contributed by atoms with Crippen LogP contribution >= 0.6 is 0 Å². The van der Waals surface area contributed by atoms with Crippen LogP contribution in [0.4, 0.5) is 13.2 Å². The molecule has 0 spiro atoms. The molecule has 0 aliphatic heterocycles. The number of rotatable bonds is 4. The summed E-state index contributed by atoms with van der Waals surface area (Å²) in [4.78, 5) is 8.37. The first-order chi connectivity index (χ1) is 8.98. The first kappa shape index (κ1) is 16.9. The van der Waals surface area contributed by atoms with Gasteiger partial charge < -0.3 is 5.32 Å². The molecule has 0 aliphatic carbocycles. The van der Waals surface area contributed by atoms with Gasteiger partial charge in [0.2, 0.25) is 0 Å². The van der Waals surface area contributed by atoms with Gasteiger partial charge in [-0.15, -0.1) is 0 Å². The highest BCUT2D eigenvalue weighted by Crippen LogP contribution is 2.22. The Kier molecular flexibility index (Phi) is 5.13. The highest BCUT2D eigenvalue weighted by molar-refractivity contribution is 5.24. The molecule has 0 saturated heterocycles. The maximum Gasteiger partial charge on any atom is 0.389 e. The minimum atomic E-state index is -4.17. The molecule has 1 heterocycles. The smallest absolute Gasteiger partial charge is 0.308 e. The minimum absolute atomic E-state index is 0.0339. The zero-order chi connectivity index (χ0) is 15.6. The van der Waals surface area contributed by atoms with E-state index >= 15 is 0 Å². The molecule has 0 radical (unpaired) electrons. The van der Waals surface area contributed by atoms with Crippen LogP contribution in [0, 0.1) is 13.8 Å². The molecule has 0 amide bonds. The molecule has 6 heteroatoms. The lowest BCUT2D eigenvalue weighted by molar-refractivity contribution is -0.134. The Morgan fingerprint density at radius 2 is 1.50 bits per heavy atom. The number of nitrogens with zero attached hydrogens (tertiary/aromatic N) is 2. The van der Waals surface area contributed by atoms with Crippen LogP contribution in [0.25, 0.3) is 0 Å². The zero-order valence-electron chi connectivity index (χ0n) is 12.6. The van der Waals surface area contributed by atoms with Crippen LogP contribution in [-0.4, -0.2) is 21.7 Å². The predicted octanol–water partition coefficient (Wildman–Crippen LogP) is 3.48. The third-order valence-corrected chi connectivity index (χ3v) is 2.89. The number of halogens is 3. The van der Waals surface area contributed by atoms with E-state index in [-0.39, 0.29) is 17.8 Å². The fourth-order valence-electron chi connectivity index (χ4n) is 1.78. The first-order valence-electron chi connectivity index (χ1n) is 6.63. The van der Waals surface area contributed by atoms with Gasteiger partial charge in [0.1, 0.15) is 5.82 Å². The molecule has 0 saturated carbocycles. The van der Waals surface area contributed by atoms with Crippen molar-refractivity contribution < 1.29 is 13.2 Å². The van der Waals surface area contributed by atoms with Gasteiger partial charge in [-0.3, -0.25) is 0 Å². The highest BCUT2D eigenvalue weighted by Gasteiger charge is 2.27. The highest BCUT2D eigenvalue weighted by atomic mass is 19.4. The van der Waals surface area contributed by atoms with E-state index in [1.807, 2.05) is 13.8 Å². The van der Waals surface area contributed by atoms with Gasteiger partial charge in [0.15, 0.2) is 0 Å². The summed E-state index contributed by atoms with van der Waals surface area (Å²) in [7, 11) is 0. The molecular weight excluding hydrogens is 267 g/mol. The average molecular weight is 289 g/mol. The van der Waals surface area contributed by atoms with Gasteiger partial charge in [-0.25, -0.2) is 9.97 Å². The standard InChI is InChI=1S/C14H22F3N3/c1-9-11(8-18-13(3,4)5)10(2)20-12(19-9)6-7-14(15,16)17/h18H,6-8H2,1-5H3. The molecule has 3 nitrogen and oxygen atoms in total. The van der Waals surface area contributed by atoms with Crippen molar-refractivity contribution in [2.45, 2.75) is 65.7 Å². The lowest BCUT2D eigenvalue weighted by Gasteiger charge is -2.22. The normalized spacial score (nSPS) is 12.8. The lowest BCUT2D eigenvalue weighted by Crippen LogP contribution is -2.35. The SMILES string of the molecule is Cc1nc(CCC(F)(F)F)nc(C)c1CNC(C)(C)C. The van der Waals surface area contributed by atoms with Crippen LogP contribution in [0.2, 0.25) is 0 Å². The van der Waals surface area contributed by atoms with Crippen molar-refractivity contribution in [2.75, 3.05) is 0 Å². The number of hydrogen-bond acceptors (Lipinski definition) is 3. The summed E-state index contributed by atoms with van der Waals surface area (Å²) < 4.78 is 36.6. The van der Waals surface area contributed by atoms with E-state index in [0.29, 0.717) is 6.54 Å². The fourth-order valence-corrected chi connectivity index (χ4v) is 1.78. The van der Waals surface area contributed by atoms with Gasteiger partial charge in [-0.1, -0.05) is 0 Å². The number of aryl methyl sites for hydroxylation is 3. The van der Waals surface area contributed by atoms with Crippen molar-refractivity contribution in [3.05, 3.63) is 22.8 Å². The Morgan fingerprint density at radius 3 is 1.90 bits per heavy atom. The van der Waals surface area contributed by atoms with Crippen molar-refractivity contribution in [1.82, 2.24) is 15.3 Å². The molecule has 0 aromatic carbocycles. The van der Waals surface area contributed by atoms with Crippen molar-refractivity contribution in [3.8, 4) is 0 Å². The number of nitrogens with one attached hydrogen (secondary N) is 1. The Morgan fingerprint density at radius 1 is 1.00 bits per heavy atom. The van der Waals surface area contributed by atoms with Crippen molar-refractivity contribution in [2.24, 2.45) is 0 Å². The Bertz CT molecular complexity index is 439. The monoisotopic (exact) mass is 289 g/mol. The number of hydrogen-bond donors (Lipinski definition) is 1. The Balaban J connectivity index is 2.81. The molecule has 20 heavy (non-hydrogen) atoms. The summed E-state index contributed by atoms with van der Waals surface area (Å²) in [5.74, 6) is 0.261. The first-order valence-corrected chi connectivity index (χ1v) is 6.63. The molecule has 1 N–H and O–H groups in total. The molecule has 1 aromatic rings. The van der Waals surface area contributed by atoms with Gasteiger partial charge in [0, 0.05) is 35.5 Å². The van der Waals surface area contributed by atoms with E-state index in [2.05, 4.69) is 36.1 Å². The van der Waals surface area contributed by atoms with E-state index in [4.69, 9.17) is 0 Å². The largest absolute Gasteiger partial charge is 0.389 e. The van der Waals surface area contributed by atoms with Crippen LogP contribution in [0.1, 0.15) is 50.0 Å². The molecular formula is C14H22F3N3. The van der Waals surface area contributed by atoms with Gasteiger partial charge in [-0.2, -0.15) is 13.2 Å². The number of alkyl halides is 3. The van der Waals surface area contributed by atoms with Crippen molar-refractivity contribution in [3.63, 3.8) is 0 Å². The summed E-state index contributed by atoms with van der Waals surface area (Å²) in [6.45, 7) is 10.4. The molecule has 0 fully saturated rings. The van der Waals surface area contributed by atoms with Crippen LogP contribution < -0.4 is 5.32 Å². The Hall–Kier alpha value is -1.17. The van der Waals surface area contributed by atoms with E-state index in [9.17, 15) is 13.2 Å². The third-order valence-electron chi connectivity index (χ3n) is 2.89. The molecule has 1 rings (SSSR count). The van der Waals surface area contributed by atoms with Crippen LogP contribution in [-0.2, 0) is 13.0 Å². The van der Waals surface area contributed by atoms with Crippen molar-refractivity contribution >= 4 is 0 Å². The van der Waals surface area contributed by atoms with E-state index in [0.717, 1.165) is 17.0 Å². The molecule has 0 aliphatic rings. The second kappa shape index (κ2) is 6.08. The van der Waals surface area contributed by atoms with Crippen LogP contribution in [0.3, 0.4) is 0 Å². The summed E-state index contributed by atoms with van der Waals surface area (Å²) in [6, 6.07) is 0. The summed E-state index contributed by atoms with van der Waals surface area (Å²) in [5.41, 5.74) is 2.40. The predicted molar refractivity (Wildman–Crippen MR) is 72.5 cm³/mol. The quantitative estimate of drug-likeness (QED) is 0.922. The molecule has 0 unspecified atom stereocenters. The number of aromatic nitrogens is 2. The topological polar surface area (TPSA) is 37.8 Å². The minimum Gasteiger partial charge on any atom is -0.308 e. The zero-order valence-corrected chi connectivity index (χ0v) is 12.6. The van der Waals surface area contributed by atoms with E-state index < -0.39 is 12.6 Å². The van der Waals surface area contributed by atoms with Gasteiger partial charge in [0.25, 0.3) is 0 Å². The molecule has 114 valence electrons. The van der Waals surface area contributed by atoms with Crippen LogP contribution in [0.15, 0.2) is 0 Å². The molecule has 0 atom stereocenters. The Labute approximate surface area is 118 Å².